The van der Waals surface area contributed by atoms with E-state index in [1.165, 1.54) is 23.6 Å². The van der Waals surface area contributed by atoms with Crippen molar-refractivity contribution in [3.05, 3.63) is 93.7 Å². The van der Waals surface area contributed by atoms with E-state index in [4.69, 9.17) is 23.2 Å². The van der Waals surface area contributed by atoms with Gasteiger partial charge >= 0.3 is 6.18 Å². The molecule has 0 saturated carbocycles. The normalized spacial score (nSPS) is 12.1. The molecule has 1 aromatic heterocycles. The summed E-state index contributed by atoms with van der Waals surface area (Å²) in [5.41, 5.74) is 8.02. The number of aromatic nitrogens is 2. The Morgan fingerprint density at radius 1 is 1.13 bits per heavy atom. The molecule has 12 heteroatoms. The van der Waals surface area contributed by atoms with Crippen LogP contribution in [0.25, 0.3) is 5.70 Å². The zero-order valence-corrected chi connectivity index (χ0v) is 21.9. The van der Waals surface area contributed by atoms with Crippen LogP contribution < -0.4 is 22.2 Å². The minimum absolute atomic E-state index is 0.0179. The molecule has 0 aliphatic heterocycles. The van der Waals surface area contributed by atoms with Crippen molar-refractivity contribution in [3.8, 4) is 0 Å². The van der Waals surface area contributed by atoms with Gasteiger partial charge in [0.25, 0.3) is 5.91 Å². The number of benzene rings is 2. The van der Waals surface area contributed by atoms with E-state index in [2.05, 4.69) is 20.6 Å². The van der Waals surface area contributed by atoms with Crippen molar-refractivity contribution in [2.45, 2.75) is 46.1 Å². The number of carbonyl (C=O) groups is 1. The van der Waals surface area contributed by atoms with E-state index in [1.807, 2.05) is 20.8 Å². The SMILES string of the molecule is Cc1ccc(C(=O)Nc2cc(CNC(C)C)c(Cl)c(C(F)(F)F)c2)cc1CN(N)/C=C(\N)c1cncnc1. The van der Waals surface area contributed by atoms with Crippen molar-refractivity contribution in [1.82, 2.24) is 20.3 Å². The number of halogens is 4. The van der Waals surface area contributed by atoms with Gasteiger partial charge in [-0.1, -0.05) is 31.5 Å². The summed E-state index contributed by atoms with van der Waals surface area (Å²) in [4.78, 5) is 20.8. The van der Waals surface area contributed by atoms with Crippen molar-refractivity contribution in [2.75, 3.05) is 5.32 Å². The van der Waals surface area contributed by atoms with Gasteiger partial charge in [-0.05, 0) is 47.9 Å². The standard InChI is InChI=1S/C26H29ClF3N7O/c1-15(2)35-11-18-7-21(8-22(24(18)27)26(28,29)30)36-25(38)17-5-4-16(3)19(6-17)12-37(32)13-23(31)20-9-33-14-34-10-20/h4-10,13-15,35H,11-12,31-32H2,1-3H3,(H,36,38)/b23-13-. The van der Waals surface area contributed by atoms with Crippen LogP contribution in [0.4, 0.5) is 18.9 Å². The molecule has 1 amide bonds. The van der Waals surface area contributed by atoms with Crippen molar-refractivity contribution >= 4 is 28.9 Å². The largest absolute Gasteiger partial charge is 0.417 e. The maximum Gasteiger partial charge on any atom is 0.417 e. The summed E-state index contributed by atoms with van der Waals surface area (Å²) in [7, 11) is 0. The van der Waals surface area contributed by atoms with E-state index >= 15 is 0 Å². The third-order valence-electron chi connectivity index (χ3n) is 5.58. The molecule has 202 valence electrons. The molecule has 0 bridgehead atoms. The minimum atomic E-state index is -4.69. The number of amides is 1. The van der Waals surface area contributed by atoms with Crippen LogP contribution in [-0.4, -0.2) is 26.9 Å². The van der Waals surface area contributed by atoms with Crippen molar-refractivity contribution in [1.29, 1.82) is 0 Å². The van der Waals surface area contributed by atoms with Crippen LogP contribution in [0.3, 0.4) is 0 Å². The highest BCUT2D eigenvalue weighted by Crippen LogP contribution is 2.38. The Bertz CT molecular complexity index is 1310. The summed E-state index contributed by atoms with van der Waals surface area (Å²) < 4.78 is 40.9. The Kier molecular flexibility index (Phi) is 9.31. The van der Waals surface area contributed by atoms with Crippen LogP contribution in [0, 0.1) is 6.92 Å². The fourth-order valence-corrected chi connectivity index (χ4v) is 3.82. The van der Waals surface area contributed by atoms with E-state index in [0.29, 0.717) is 11.3 Å². The quantitative estimate of drug-likeness (QED) is 0.223. The molecule has 0 unspecified atom stereocenters. The predicted octanol–water partition coefficient (Wildman–Crippen LogP) is 4.84. The number of nitrogens with zero attached hydrogens (tertiary/aromatic N) is 3. The number of alkyl halides is 3. The molecule has 6 N–H and O–H groups in total. The van der Waals surface area contributed by atoms with Gasteiger partial charge in [0, 0.05) is 48.0 Å². The summed E-state index contributed by atoms with van der Waals surface area (Å²) in [5.74, 6) is 5.53. The molecule has 0 saturated heterocycles. The van der Waals surface area contributed by atoms with Gasteiger partial charge in [-0.15, -0.1) is 0 Å². The van der Waals surface area contributed by atoms with Gasteiger partial charge in [0.2, 0.25) is 0 Å². The number of hydrazine groups is 1. The number of anilines is 1. The van der Waals surface area contributed by atoms with Crippen LogP contribution in [0.5, 0.6) is 0 Å². The second-order valence-electron chi connectivity index (χ2n) is 9.01. The Labute approximate surface area is 223 Å². The van der Waals surface area contributed by atoms with Gasteiger partial charge < -0.3 is 21.4 Å². The van der Waals surface area contributed by atoms with Crippen molar-refractivity contribution in [2.24, 2.45) is 11.6 Å². The van der Waals surface area contributed by atoms with Crippen LogP contribution >= 0.6 is 11.6 Å². The molecule has 3 rings (SSSR count). The van der Waals surface area contributed by atoms with Crippen LogP contribution in [0.15, 0.2) is 55.3 Å². The zero-order chi connectivity index (χ0) is 28.0. The second-order valence-corrected chi connectivity index (χ2v) is 9.39. The number of nitrogens with two attached hydrogens (primary N) is 2. The lowest BCUT2D eigenvalue weighted by atomic mass is 10.0. The van der Waals surface area contributed by atoms with E-state index in [0.717, 1.165) is 17.2 Å². The summed E-state index contributed by atoms with van der Waals surface area (Å²) in [6, 6.07) is 7.23. The lowest BCUT2D eigenvalue weighted by Gasteiger charge is -2.18. The van der Waals surface area contributed by atoms with Gasteiger partial charge in [0.15, 0.2) is 0 Å². The van der Waals surface area contributed by atoms with Gasteiger partial charge in [0.1, 0.15) is 6.33 Å². The lowest BCUT2D eigenvalue weighted by Crippen LogP contribution is -2.26. The molecule has 2 aromatic carbocycles. The number of nitrogens with one attached hydrogen (secondary N) is 2. The Morgan fingerprint density at radius 3 is 2.45 bits per heavy atom. The monoisotopic (exact) mass is 547 g/mol. The molecule has 38 heavy (non-hydrogen) atoms. The molecule has 1 heterocycles. The van der Waals surface area contributed by atoms with E-state index < -0.39 is 22.7 Å². The first kappa shape index (κ1) is 28.9. The first-order chi connectivity index (χ1) is 17.8. The first-order valence-electron chi connectivity index (χ1n) is 11.6. The zero-order valence-electron chi connectivity index (χ0n) is 21.1. The highest BCUT2D eigenvalue weighted by Gasteiger charge is 2.35. The van der Waals surface area contributed by atoms with Gasteiger partial charge in [-0.25, -0.2) is 15.8 Å². The Hall–Kier alpha value is -3.67. The topological polar surface area (TPSA) is 122 Å². The molecule has 3 aromatic rings. The summed E-state index contributed by atoms with van der Waals surface area (Å²) >= 11 is 6.05. The maximum atomic E-state index is 13.6. The molecule has 0 aliphatic carbocycles. The number of hydrogen-bond donors (Lipinski definition) is 4. The number of aryl methyl sites for hydroxylation is 1. The minimum Gasteiger partial charge on any atom is -0.397 e. The fourth-order valence-electron chi connectivity index (χ4n) is 3.54. The van der Waals surface area contributed by atoms with E-state index in [1.54, 1.807) is 30.6 Å². The second kappa shape index (κ2) is 12.2. The Morgan fingerprint density at radius 2 is 1.82 bits per heavy atom. The molecular formula is C26H29ClF3N7O. The summed E-state index contributed by atoms with van der Waals surface area (Å²) in [6.07, 6.45) is 1.31. The average Bonchev–Trinajstić information content (AvgIpc) is 2.85. The highest BCUT2D eigenvalue weighted by molar-refractivity contribution is 6.32. The molecule has 0 aliphatic rings. The predicted molar refractivity (Wildman–Crippen MR) is 141 cm³/mol. The van der Waals surface area contributed by atoms with Crippen molar-refractivity contribution in [3.63, 3.8) is 0 Å². The number of hydrogen-bond acceptors (Lipinski definition) is 7. The number of carbonyl (C=O) groups excluding carboxylic acids is 1. The van der Waals surface area contributed by atoms with Gasteiger partial charge in [-0.2, -0.15) is 13.2 Å². The highest BCUT2D eigenvalue weighted by atomic mass is 35.5. The lowest BCUT2D eigenvalue weighted by molar-refractivity contribution is -0.137. The fraction of sp³-hybridized carbons (Fsp3) is 0.269. The first-order valence-corrected chi connectivity index (χ1v) is 12.0. The van der Waals surface area contributed by atoms with E-state index in [-0.39, 0.29) is 35.9 Å². The molecule has 0 atom stereocenters. The van der Waals surface area contributed by atoms with Crippen LogP contribution in [0.2, 0.25) is 5.02 Å². The van der Waals surface area contributed by atoms with Crippen molar-refractivity contribution < 1.29 is 18.0 Å². The smallest absolute Gasteiger partial charge is 0.397 e. The molecule has 0 spiro atoms. The molecule has 8 nitrogen and oxygen atoms in total. The summed E-state index contributed by atoms with van der Waals surface area (Å²) in [6.45, 7) is 5.90. The summed E-state index contributed by atoms with van der Waals surface area (Å²) in [5, 5.41) is 6.56. The Balaban J connectivity index is 1.83. The van der Waals surface area contributed by atoms with Gasteiger partial charge in [-0.3, -0.25) is 4.79 Å². The van der Waals surface area contributed by atoms with Gasteiger partial charge in [0.05, 0.1) is 22.8 Å². The van der Waals surface area contributed by atoms with Crippen LogP contribution in [-0.2, 0) is 19.3 Å². The third kappa shape index (κ3) is 7.67. The number of rotatable bonds is 9. The molecular weight excluding hydrogens is 519 g/mol. The molecule has 0 fully saturated rings. The average molecular weight is 548 g/mol. The maximum absolute atomic E-state index is 13.6. The van der Waals surface area contributed by atoms with Crippen LogP contribution in [0.1, 0.15) is 52.0 Å². The molecule has 0 radical (unpaired) electrons. The third-order valence-corrected chi connectivity index (χ3v) is 6.02. The van der Waals surface area contributed by atoms with E-state index in [9.17, 15) is 18.0 Å².